The van der Waals surface area contributed by atoms with E-state index in [2.05, 4.69) is 4.74 Å². The molecule has 54 valence electrons. The van der Waals surface area contributed by atoms with Gasteiger partial charge in [0.25, 0.3) is 6.43 Å². The summed E-state index contributed by atoms with van der Waals surface area (Å²) < 4.78 is 26.4. The third-order valence-electron chi connectivity index (χ3n) is 0.537. The largest absolute Gasteiger partial charge is 0.459 e. The van der Waals surface area contributed by atoms with Crippen LogP contribution in [-0.2, 0) is 9.53 Å². The second-order valence-electron chi connectivity index (χ2n) is 1.28. The van der Waals surface area contributed by atoms with Crippen molar-refractivity contribution in [1.82, 2.24) is 0 Å². The molecule has 0 atom stereocenters. The molecule has 0 aliphatic carbocycles. The van der Waals surface area contributed by atoms with Crippen molar-refractivity contribution >= 4 is 5.97 Å². The normalized spacial score (nSPS) is 9.78. The number of hydrogen-bond acceptors (Lipinski definition) is 3. The van der Waals surface area contributed by atoms with Crippen LogP contribution in [0.2, 0.25) is 0 Å². The first kappa shape index (κ1) is 8.29. The van der Waals surface area contributed by atoms with Gasteiger partial charge in [-0.1, -0.05) is 0 Å². The van der Waals surface area contributed by atoms with Crippen molar-refractivity contribution in [3.05, 3.63) is 0 Å². The van der Waals surface area contributed by atoms with Crippen LogP contribution in [0.25, 0.3) is 0 Å². The van der Waals surface area contributed by atoms with Crippen molar-refractivity contribution in [2.45, 2.75) is 6.43 Å². The third-order valence-corrected chi connectivity index (χ3v) is 0.537. The predicted octanol–water partition coefficient (Wildman–Crippen LogP) is -0.247. The van der Waals surface area contributed by atoms with Crippen molar-refractivity contribution in [3.8, 4) is 0 Å². The monoisotopic (exact) mass is 139 g/mol. The average Bonchev–Trinajstić information content (AvgIpc) is 1.83. The molecule has 0 rings (SSSR count). The smallest absolute Gasteiger partial charge is 0.319 e. The molecule has 0 heterocycles. The standard InChI is InChI=1S/C4H7F2NO2/c5-3(6)2-9-4(8)1-7/h3H,1-2,7H2. The fraction of sp³-hybridized carbons (Fsp3) is 0.750. The van der Waals surface area contributed by atoms with Gasteiger partial charge in [0.2, 0.25) is 0 Å². The van der Waals surface area contributed by atoms with E-state index in [1.54, 1.807) is 0 Å². The zero-order chi connectivity index (χ0) is 7.28. The highest BCUT2D eigenvalue weighted by Gasteiger charge is 2.05. The maximum atomic E-state index is 11.2. The number of alkyl halides is 2. The summed E-state index contributed by atoms with van der Waals surface area (Å²) in [4.78, 5) is 10.0. The lowest BCUT2D eigenvalue weighted by atomic mass is 10.7. The molecule has 0 bridgehead atoms. The minimum Gasteiger partial charge on any atom is -0.459 e. The van der Waals surface area contributed by atoms with Gasteiger partial charge in [0.05, 0.1) is 6.54 Å². The molecular weight excluding hydrogens is 132 g/mol. The van der Waals surface area contributed by atoms with Gasteiger partial charge in [0.1, 0.15) is 0 Å². The van der Waals surface area contributed by atoms with Gasteiger partial charge in [-0.05, 0) is 0 Å². The molecule has 0 saturated carbocycles. The van der Waals surface area contributed by atoms with E-state index in [0.29, 0.717) is 0 Å². The molecule has 0 aromatic heterocycles. The van der Waals surface area contributed by atoms with Crippen LogP contribution in [0.1, 0.15) is 0 Å². The summed E-state index contributed by atoms with van der Waals surface area (Å²) in [6.45, 7) is -1.22. The third kappa shape index (κ3) is 5.16. The maximum absolute atomic E-state index is 11.2. The topological polar surface area (TPSA) is 52.3 Å². The molecule has 0 unspecified atom stereocenters. The first-order chi connectivity index (χ1) is 4.16. The van der Waals surface area contributed by atoms with Crippen molar-refractivity contribution in [1.29, 1.82) is 0 Å². The number of halogens is 2. The van der Waals surface area contributed by atoms with E-state index in [0.717, 1.165) is 0 Å². The number of ether oxygens (including phenoxy) is 1. The van der Waals surface area contributed by atoms with E-state index < -0.39 is 19.0 Å². The molecular formula is C4H7F2NO2. The first-order valence-electron chi connectivity index (χ1n) is 2.30. The SMILES string of the molecule is NCC(=O)OCC(F)F. The van der Waals surface area contributed by atoms with E-state index >= 15 is 0 Å². The van der Waals surface area contributed by atoms with Crippen LogP contribution in [0.3, 0.4) is 0 Å². The van der Waals surface area contributed by atoms with Gasteiger partial charge < -0.3 is 10.5 Å². The molecule has 5 heteroatoms. The van der Waals surface area contributed by atoms with Gasteiger partial charge in [0.15, 0.2) is 6.61 Å². The Kier molecular flexibility index (Phi) is 3.87. The molecule has 2 N–H and O–H groups in total. The Morgan fingerprint density at radius 2 is 2.22 bits per heavy atom. The fourth-order valence-electron chi connectivity index (χ4n) is 0.215. The van der Waals surface area contributed by atoms with Crippen molar-refractivity contribution in [3.63, 3.8) is 0 Å². The Morgan fingerprint density at radius 3 is 2.56 bits per heavy atom. The Hall–Kier alpha value is -0.710. The van der Waals surface area contributed by atoms with E-state index in [-0.39, 0.29) is 6.54 Å². The second-order valence-corrected chi connectivity index (χ2v) is 1.28. The van der Waals surface area contributed by atoms with Crippen molar-refractivity contribution in [2.24, 2.45) is 5.73 Å². The molecule has 9 heavy (non-hydrogen) atoms. The van der Waals surface area contributed by atoms with Gasteiger partial charge in [0, 0.05) is 0 Å². The highest BCUT2D eigenvalue weighted by atomic mass is 19.3. The maximum Gasteiger partial charge on any atom is 0.319 e. The lowest BCUT2D eigenvalue weighted by Crippen LogP contribution is -2.19. The summed E-state index contributed by atoms with van der Waals surface area (Å²) in [6.07, 6.45) is -2.61. The zero-order valence-electron chi connectivity index (χ0n) is 4.64. The van der Waals surface area contributed by atoms with Crippen LogP contribution in [0.4, 0.5) is 8.78 Å². The quantitative estimate of drug-likeness (QED) is 0.548. The molecule has 0 amide bonds. The van der Waals surface area contributed by atoms with E-state index in [4.69, 9.17) is 5.73 Å². The Labute approximate surface area is 50.8 Å². The summed E-state index contributed by atoms with van der Waals surface area (Å²) in [6, 6.07) is 0. The van der Waals surface area contributed by atoms with E-state index in [1.165, 1.54) is 0 Å². The first-order valence-corrected chi connectivity index (χ1v) is 2.30. The summed E-state index contributed by atoms with van der Waals surface area (Å²) in [5, 5.41) is 0. The average molecular weight is 139 g/mol. The van der Waals surface area contributed by atoms with Gasteiger partial charge in [-0.2, -0.15) is 0 Å². The number of carbonyl (C=O) groups excluding carboxylic acids is 1. The van der Waals surface area contributed by atoms with Crippen LogP contribution in [0.15, 0.2) is 0 Å². The molecule has 0 fully saturated rings. The van der Waals surface area contributed by atoms with Crippen LogP contribution in [0, 0.1) is 0 Å². The molecule has 0 aromatic rings. The molecule has 0 spiro atoms. The lowest BCUT2D eigenvalue weighted by Gasteiger charge is -1.99. The predicted molar refractivity (Wildman–Crippen MR) is 26.0 cm³/mol. The van der Waals surface area contributed by atoms with Crippen molar-refractivity contribution in [2.75, 3.05) is 13.2 Å². The van der Waals surface area contributed by atoms with E-state index in [9.17, 15) is 13.6 Å². The number of rotatable bonds is 3. The number of carbonyl (C=O) groups is 1. The minimum atomic E-state index is -2.61. The zero-order valence-corrected chi connectivity index (χ0v) is 4.64. The molecule has 0 aliphatic rings. The number of nitrogens with two attached hydrogens (primary N) is 1. The molecule has 0 saturated heterocycles. The molecule has 0 aromatic carbocycles. The molecule has 0 radical (unpaired) electrons. The highest BCUT2D eigenvalue weighted by molar-refractivity contribution is 5.71. The van der Waals surface area contributed by atoms with Crippen LogP contribution in [-0.4, -0.2) is 25.5 Å². The second kappa shape index (κ2) is 4.20. The Morgan fingerprint density at radius 1 is 1.67 bits per heavy atom. The van der Waals surface area contributed by atoms with Gasteiger partial charge in [-0.15, -0.1) is 0 Å². The van der Waals surface area contributed by atoms with E-state index in [1.807, 2.05) is 0 Å². The fourth-order valence-corrected chi connectivity index (χ4v) is 0.215. The van der Waals surface area contributed by atoms with Crippen LogP contribution >= 0.6 is 0 Å². The molecule has 0 aliphatic heterocycles. The Balaban J connectivity index is 3.17. The minimum absolute atomic E-state index is 0.354. The van der Waals surface area contributed by atoms with Crippen LogP contribution < -0.4 is 5.73 Å². The number of esters is 1. The van der Waals surface area contributed by atoms with Crippen LogP contribution in [0.5, 0.6) is 0 Å². The summed E-state index contributed by atoms with van der Waals surface area (Å²) >= 11 is 0. The van der Waals surface area contributed by atoms with Gasteiger partial charge >= 0.3 is 5.97 Å². The Bertz CT molecular complexity index is 96.6. The highest BCUT2D eigenvalue weighted by Crippen LogP contribution is 1.91. The van der Waals surface area contributed by atoms with Gasteiger partial charge in [-0.25, -0.2) is 8.78 Å². The molecule has 3 nitrogen and oxygen atoms in total. The van der Waals surface area contributed by atoms with Gasteiger partial charge in [-0.3, -0.25) is 4.79 Å². The lowest BCUT2D eigenvalue weighted by molar-refractivity contribution is -0.145. The summed E-state index contributed by atoms with van der Waals surface area (Å²) in [5.41, 5.74) is 4.74. The summed E-state index contributed by atoms with van der Waals surface area (Å²) in [5.74, 6) is -0.810. The number of hydrogen-bond donors (Lipinski definition) is 1. The summed E-state index contributed by atoms with van der Waals surface area (Å²) in [7, 11) is 0. The van der Waals surface area contributed by atoms with Crippen molar-refractivity contribution < 1.29 is 18.3 Å².